The highest BCUT2D eigenvalue weighted by molar-refractivity contribution is 6.06. The number of amides is 1. The number of rotatable bonds is 7. The predicted molar refractivity (Wildman–Crippen MR) is 115 cm³/mol. The number of aromatic nitrogens is 1. The molecule has 1 aromatic carbocycles. The molecule has 0 fully saturated rings. The van der Waals surface area contributed by atoms with Gasteiger partial charge >= 0.3 is 11.6 Å². The normalized spacial score (nSPS) is 10.9. The number of aryl methyl sites for hydroxylation is 1. The highest BCUT2D eigenvalue weighted by Gasteiger charge is 2.19. The molecule has 0 aliphatic rings. The summed E-state index contributed by atoms with van der Waals surface area (Å²) in [5.41, 5.74) is 0.725. The minimum absolute atomic E-state index is 0.0528. The molecule has 0 aliphatic carbocycles. The standard InChI is InChI=1S/C23H24N2O6/c1-5-29-19-9-7-6-8-18(19)25-21(26)17-10-16-15(12-30-22(27)13(2)3)11-24-14(4)20(16)31-23(17)28/h6-11,13H,5,12H2,1-4H3,(H,25,26). The van der Waals surface area contributed by atoms with Gasteiger partial charge in [0.05, 0.1) is 23.9 Å². The fourth-order valence-electron chi connectivity index (χ4n) is 2.91. The predicted octanol–water partition coefficient (Wildman–Crippen LogP) is 3.85. The lowest BCUT2D eigenvalue weighted by molar-refractivity contribution is -0.148. The number of fused-ring (bicyclic) bond motifs is 1. The van der Waals surface area contributed by atoms with E-state index in [1.165, 1.54) is 12.3 Å². The summed E-state index contributed by atoms with van der Waals surface area (Å²) in [6, 6.07) is 8.37. The molecule has 0 radical (unpaired) electrons. The number of carbonyl (C=O) groups is 2. The van der Waals surface area contributed by atoms with Gasteiger partial charge in [-0.15, -0.1) is 0 Å². The van der Waals surface area contributed by atoms with Crippen molar-refractivity contribution in [3.05, 3.63) is 63.8 Å². The van der Waals surface area contributed by atoms with E-state index in [1.54, 1.807) is 45.0 Å². The van der Waals surface area contributed by atoms with Crippen molar-refractivity contribution < 1.29 is 23.5 Å². The van der Waals surface area contributed by atoms with Crippen molar-refractivity contribution in [3.8, 4) is 5.75 Å². The Labute approximate surface area is 179 Å². The number of hydrogen-bond acceptors (Lipinski definition) is 7. The Balaban J connectivity index is 1.98. The first-order valence-corrected chi connectivity index (χ1v) is 9.94. The molecule has 3 rings (SSSR count). The summed E-state index contributed by atoms with van der Waals surface area (Å²) < 4.78 is 16.2. The summed E-state index contributed by atoms with van der Waals surface area (Å²) in [4.78, 5) is 41.4. The van der Waals surface area contributed by atoms with Crippen LogP contribution < -0.4 is 15.7 Å². The third kappa shape index (κ3) is 4.91. The van der Waals surface area contributed by atoms with E-state index in [9.17, 15) is 14.4 Å². The Hall–Kier alpha value is -3.68. The number of carbonyl (C=O) groups excluding carboxylic acids is 2. The van der Waals surface area contributed by atoms with Crippen molar-refractivity contribution in [1.29, 1.82) is 0 Å². The Morgan fingerprint density at radius 2 is 1.97 bits per heavy atom. The second-order valence-corrected chi connectivity index (χ2v) is 7.20. The molecule has 3 aromatic rings. The molecule has 8 nitrogen and oxygen atoms in total. The highest BCUT2D eigenvalue weighted by atomic mass is 16.5. The Morgan fingerprint density at radius 3 is 2.68 bits per heavy atom. The summed E-state index contributed by atoms with van der Waals surface area (Å²) in [5.74, 6) is -0.793. The second-order valence-electron chi connectivity index (χ2n) is 7.20. The molecule has 0 bridgehead atoms. The molecule has 8 heteroatoms. The lowest BCUT2D eigenvalue weighted by Gasteiger charge is -2.12. The minimum Gasteiger partial charge on any atom is -0.492 e. The summed E-state index contributed by atoms with van der Waals surface area (Å²) in [6.07, 6.45) is 1.54. The van der Waals surface area contributed by atoms with Crippen LogP contribution in [0.1, 0.15) is 42.4 Å². The number of nitrogens with one attached hydrogen (secondary N) is 1. The van der Waals surface area contributed by atoms with Crippen LogP contribution in [0.25, 0.3) is 11.0 Å². The molecule has 0 aliphatic heterocycles. The van der Waals surface area contributed by atoms with Crippen molar-refractivity contribution in [2.24, 2.45) is 5.92 Å². The Morgan fingerprint density at radius 1 is 1.23 bits per heavy atom. The zero-order valence-corrected chi connectivity index (χ0v) is 17.9. The first-order valence-electron chi connectivity index (χ1n) is 9.94. The van der Waals surface area contributed by atoms with Gasteiger partial charge < -0.3 is 19.2 Å². The first-order chi connectivity index (χ1) is 14.8. The molecular weight excluding hydrogens is 400 g/mol. The molecule has 2 aromatic heterocycles. The molecule has 0 saturated heterocycles. The van der Waals surface area contributed by atoms with E-state index < -0.39 is 11.5 Å². The average molecular weight is 424 g/mol. The number of benzene rings is 1. The van der Waals surface area contributed by atoms with Crippen LogP contribution in [-0.4, -0.2) is 23.5 Å². The zero-order valence-electron chi connectivity index (χ0n) is 17.9. The lowest BCUT2D eigenvalue weighted by atomic mass is 10.1. The summed E-state index contributed by atoms with van der Waals surface area (Å²) in [5, 5.41) is 3.17. The van der Waals surface area contributed by atoms with Crippen molar-refractivity contribution >= 4 is 28.5 Å². The summed E-state index contributed by atoms with van der Waals surface area (Å²) >= 11 is 0. The quantitative estimate of drug-likeness (QED) is 0.574. The molecule has 0 spiro atoms. The highest BCUT2D eigenvalue weighted by Crippen LogP contribution is 2.25. The van der Waals surface area contributed by atoms with E-state index in [1.807, 2.05) is 6.92 Å². The maximum atomic E-state index is 12.9. The fourth-order valence-corrected chi connectivity index (χ4v) is 2.91. The van der Waals surface area contributed by atoms with Crippen LogP contribution in [0.15, 0.2) is 45.7 Å². The lowest BCUT2D eigenvalue weighted by Crippen LogP contribution is -2.21. The molecule has 2 heterocycles. The van der Waals surface area contributed by atoms with E-state index in [0.29, 0.717) is 34.7 Å². The SMILES string of the molecule is CCOc1ccccc1NC(=O)c1cc2c(COC(=O)C(C)C)cnc(C)c2oc1=O. The summed E-state index contributed by atoms with van der Waals surface area (Å²) in [7, 11) is 0. The van der Waals surface area contributed by atoms with Gasteiger partial charge in [-0.1, -0.05) is 26.0 Å². The number of para-hydroxylation sites is 2. The van der Waals surface area contributed by atoms with Crippen LogP contribution in [0, 0.1) is 12.8 Å². The van der Waals surface area contributed by atoms with E-state index in [4.69, 9.17) is 13.9 Å². The average Bonchev–Trinajstić information content (AvgIpc) is 2.74. The monoisotopic (exact) mass is 424 g/mol. The molecule has 1 amide bonds. The molecule has 1 N–H and O–H groups in total. The fraction of sp³-hybridized carbons (Fsp3) is 0.304. The molecule has 31 heavy (non-hydrogen) atoms. The van der Waals surface area contributed by atoms with Crippen molar-refractivity contribution in [1.82, 2.24) is 4.98 Å². The third-order valence-corrected chi connectivity index (χ3v) is 4.56. The Kier molecular flexibility index (Phi) is 6.69. The van der Waals surface area contributed by atoms with E-state index >= 15 is 0 Å². The molecule has 0 unspecified atom stereocenters. The van der Waals surface area contributed by atoms with Gasteiger partial charge in [-0.2, -0.15) is 0 Å². The number of nitrogens with zero attached hydrogens (tertiary/aromatic N) is 1. The van der Waals surface area contributed by atoms with Crippen molar-refractivity contribution in [3.63, 3.8) is 0 Å². The van der Waals surface area contributed by atoms with E-state index in [0.717, 1.165) is 0 Å². The van der Waals surface area contributed by atoms with Crippen LogP contribution in [0.5, 0.6) is 5.75 Å². The van der Waals surface area contributed by atoms with Crippen LogP contribution in [0.3, 0.4) is 0 Å². The van der Waals surface area contributed by atoms with Crippen LogP contribution in [0.4, 0.5) is 5.69 Å². The zero-order chi connectivity index (χ0) is 22.5. The van der Waals surface area contributed by atoms with Crippen molar-refractivity contribution in [2.45, 2.75) is 34.3 Å². The van der Waals surface area contributed by atoms with Crippen molar-refractivity contribution in [2.75, 3.05) is 11.9 Å². The number of hydrogen-bond donors (Lipinski definition) is 1. The van der Waals surface area contributed by atoms with Crippen LogP contribution in [-0.2, 0) is 16.1 Å². The van der Waals surface area contributed by atoms with E-state index in [-0.39, 0.29) is 29.6 Å². The second kappa shape index (κ2) is 9.42. The van der Waals surface area contributed by atoms with Gasteiger partial charge in [-0.05, 0) is 32.0 Å². The summed E-state index contributed by atoms with van der Waals surface area (Å²) in [6.45, 7) is 7.36. The van der Waals surface area contributed by atoms with Gasteiger partial charge in [0, 0.05) is 17.1 Å². The third-order valence-electron chi connectivity index (χ3n) is 4.56. The number of anilines is 1. The maximum absolute atomic E-state index is 12.9. The van der Waals surface area contributed by atoms with E-state index in [2.05, 4.69) is 10.3 Å². The van der Waals surface area contributed by atoms with Gasteiger partial charge in [0.25, 0.3) is 5.91 Å². The smallest absolute Gasteiger partial charge is 0.349 e. The topological polar surface area (TPSA) is 108 Å². The van der Waals surface area contributed by atoms with Gasteiger partial charge in [0.1, 0.15) is 17.9 Å². The van der Waals surface area contributed by atoms with Gasteiger partial charge in [-0.3, -0.25) is 14.6 Å². The maximum Gasteiger partial charge on any atom is 0.349 e. The van der Waals surface area contributed by atoms with Gasteiger partial charge in [-0.25, -0.2) is 4.79 Å². The largest absolute Gasteiger partial charge is 0.492 e. The molecular formula is C23H24N2O6. The molecule has 0 atom stereocenters. The number of esters is 1. The van der Waals surface area contributed by atoms with Gasteiger partial charge in [0.15, 0.2) is 5.58 Å². The van der Waals surface area contributed by atoms with Gasteiger partial charge in [0.2, 0.25) is 0 Å². The Bertz CT molecular complexity index is 1180. The molecule has 0 saturated carbocycles. The number of pyridine rings is 1. The van der Waals surface area contributed by atoms with Crippen LogP contribution in [0.2, 0.25) is 0 Å². The van der Waals surface area contributed by atoms with Crippen LogP contribution >= 0.6 is 0 Å². The minimum atomic E-state index is -0.792. The first kappa shape index (κ1) is 22.0. The molecule has 162 valence electrons. The number of ether oxygens (including phenoxy) is 2.